The van der Waals surface area contributed by atoms with Crippen LogP contribution in [0.4, 0.5) is 0 Å². The number of phenols is 6. The molecule has 0 unspecified atom stereocenters. The third kappa shape index (κ3) is 26.1. The Balaban J connectivity index is 0.000000372. The number of rotatable bonds is 20. The summed E-state index contributed by atoms with van der Waals surface area (Å²) < 4.78 is 4.99. The SMILES string of the molecule is CC(=O)/C=C/c1ccc(O)c(CO)c1.COc1cc(/C=C/C(=O)C=C(O)/C=C/c2ccc(O)c(CO)c2)ccc1O.O=C(O)/C=C/c1ccc(O)c(CO)c1.O=CC(=O)C=C(O)/C=C/c1ccc(O)c(CO)c1.O=Cc1ccc(O)c(CO)c1. The highest BCUT2D eigenvalue weighted by Crippen LogP contribution is 2.27. The normalized spacial score (nSPS) is 11.2. The summed E-state index contributed by atoms with van der Waals surface area (Å²) in [6.45, 7) is 0.102. The Morgan fingerprint density at radius 2 is 0.690 bits per heavy atom. The smallest absolute Gasteiger partial charge is 0.328 e. The van der Waals surface area contributed by atoms with E-state index in [9.17, 15) is 64.5 Å². The predicted molar refractivity (Wildman–Crippen MR) is 311 cm³/mol. The second-order valence-corrected chi connectivity index (χ2v) is 17.0. The van der Waals surface area contributed by atoms with E-state index in [1.807, 2.05) is 0 Å². The summed E-state index contributed by atoms with van der Waals surface area (Å²) in [5.74, 6) is -2.60. The first-order chi connectivity index (χ1) is 40.0. The monoisotopic (exact) mass is 1150 g/mol. The molecule has 440 valence electrons. The van der Waals surface area contributed by atoms with Gasteiger partial charge in [0.1, 0.15) is 46.6 Å². The number of ether oxygens (including phenoxy) is 1. The zero-order chi connectivity index (χ0) is 62.7. The molecule has 0 fully saturated rings. The molecule has 0 radical (unpaired) electrons. The van der Waals surface area contributed by atoms with E-state index in [2.05, 4.69) is 0 Å². The van der Waals surface area contributed by atoms with Crippen LogP contribution in [0.1, 0.15) is 72.9 Å². The molecule has 0 spiro atoms. The van der Waals surface area contributed by atoms with Crippen LogP contribution in [0, 0.1) is 0 Å². The Bertz CT molecular complexity index is 3360. The highest BCUT2D eigenvalue weighted by Gasteiger charge is 2.06. The van der Waals surface area contributed by atoms with Crippen molar-refractivity contribution >= 4 is 66.3 Å². The van der Waals surface area contributed by atoms with Crippen molar-refractivity contribution < 1.29 is 105 Å². The first-order valence-corrected chi connectivity index (χ1v) is 24.5. The van der Waals surface area contributed by atoms with Gasteiger partial charge >= 0.3 is 5.97 Å². The minimum Gasteiger partial charge on any atom is -0.508 e. The molecule has 0 bridgehead atoms. The van der Waals surface area contributed by atoms with E-state index in [1.165, 1.54) is 117 Å². The van der Waals surface area contributed by atoms with Gasteiger partial charge in [-0.05, 0) is 144 Å². The molecule has 0 aliphatic rings. The van der Waals surface area contributed by atoms with E-state index < -0.39 is 17.5 Å². The Hall–Kier alpha value is -10.7. The van der Waals surface area contributed by atoms with Gasteiger partial charge in [-0.3, -0.25) is 24.0 Å². The summed E-state index contributed by atoms with van der Waals surface area (Å²) in [6.07, 6.45) is 16.5. The average molecular weight is 1160 g/mol. The van der Waals surface area contributed by atoms with E-state index >= 15 is 0 Å². The molecule has 0 aromatic heterocycles. The Morgan fingerprint density at radius 3 is 1.01 bits per heavy atom. The van der Waals surface area contributed by atoms with Crippen molar-refractivity contribution in [1.82, 2.24) is 0 Å². The fraction of sp³-hybridized carbons (Fsp3) is 0.111. The predicted octanol–water partition coefficient (Wildman–Crippen LogP) is 7.61. The van der Waals surface area contributed by atoms with Crippen LogP contribution in [0.5, 0.6) is 40.2 Å². The number of ketones is 3. The third-order valence-corrected chi connectivity index (χ3v) is 10.7. The lowest BCUT2D eigenvalue weighted by Gasteiger charge is -2.03. The largest absolute Gasteiger partial charge is 0.508 e. The lowest BCUT2D eigenvalue weighted by atomic mass is 10.1. The molecular weight excluding hydrogens is 1090 g/mol. The Kier molecular flexibility index (Phi) is 30.8. The number of hydrogen-bond donors (Lipinski definition) is 14. The van der Waals surface area contributed by atoms with Crippen molar-refractivity contribution in [3.05, 3.63) is 224 Å². The number of benzene rings is 6. The molecule has 14 N–H and O–H groups in total. The minimum atomic E-state index is -1.04. The summed E-state index contributed by atoms with van der Waals surface area (Å²) in [5.41, 5.74) is 5.69. The zero-order valence-corrected chi connectivity index (χ0v) is 45.1. The second-order valence-electron chi connectivity index (χ2n) is 17.0. The van der Waals surface area contributed by atoms with E-state index in [-0.39, 0.29) is 91.1 Å². The number of phenolic OH excluding ortho intramolecular Hbond substituents is 1. The number of carbonyl (C=O) groups excluding carboxylic acids is 5. The number of aliphatic hydroxyl groups excluding tert-OH is 7. The molecule has 0 aliphatic carbocycles. The molecule has 6 aromatic carbocycles. The highest BCUT2D eigenvalue weighted by molar-refractivity contribution is 6.30. The van der Waals surface area contributed by atoms with Crippen molar-refractivity contribution in [2.75, 3.05) is 7.11 Å². The summed E-state index contributed by atoms with van der Waals surface area (Å²) in [6, 6.07) is 27.4. The lowest BCUT2D eigenvalue weighted by molar-refractivity contribution is -0.131. The maximum Gasteiger partial charge on any atom is 0.328 e. The number of aldehydes is 2. The van der Waals surface area contributed by atoms with Gasteiger partial charge in [0.15, 0.2) is 29.4 Å². The van der Waals surface area contributed by atoms with Crippen LogP contribution in [0.25, 0.3) is 30.4 Å². The molecule has 84 heavy (non-hydrogen) atoms. The van der Waals surface area contributed by atoms with Crippen molar-refractivity contribution in [3.63, 3.8) is 0 Å². The quantitative estimate of drug-likeness (QED) is 0.0115. The molecule has 6 aromatic rings. The number of carboxylic acids is 1. The molecule has 0 saturated heterocycles. The standard InChI is InChI=1S/C21H20O6.C13H12O5.C11H12O3.C10H10O4.C8H8O3/c1-27-21-11-15(5-9-20(21)26)3-7-18(24)12-17(23)6-2-14-4-8-19(25)16(10-14)13-22;14-7-10-5-9(2-4-13(10)18)1-3-11(16)6-12(17)8-15;1-8(13)2-3-9-4-5-11(14)10(6-9)7-12;11-6-8-5-7(1-3-9(8)12)2-4-10(13)14;9-4-6-1-2-8(11)7(3-6)5-10/h2-12,22-23,25-26H,13H2,1H3;1-6,8,14,16,18H,7H2;2-6,12,14H,7H2,1H3;1-5,11-12H,6H2,(H,13,14);1-4,10-11H,5H2/b6-2+,7-3+,17-12?;3-1+,11-6?;3-2+;4-2+;. The third-order valence-electron chi connectivity index (χ3n) is 10.7. The van der Waals surface area contributed by atoms with Crippen molar-refractivity contribution in [2.45, 2.75) is 40.0 Å². The Morgan fingerprint density at radius 1 is 0.393 bits per heavy atom. The van der Waals surface area contributed by atoms with Gasteiger partial charge in [0.25, 0.3) is 0 Å². The number of carboxylic acid groups (broad SMARTS) is 1. The number of hydrogen-bond acceptors (Lipinski definition) is 20. The first kappa shape index (κ1) is 69.4. The van der Waals surface area contributed by atoms with Crippen molar-refractivity contribution in [3.8, 4) is 40.2 Å². The molecular formula is C63H62O21. The summed E-state index contributed by atoms with van der Waals surface area (Å²) in [4.78, 5) is 63.7. The van der Waals surface area contributed by atoms with Gasteiger partial charge in [0.05, 0.1) is 40.1 Å². The highest BCUT2D eigenvalue weighted by atomic mass is 16.5. The molecule has 0 heterocycles. The van der Waals surface area contributed by atoms with Crippen LogP contribution in [-0.2, 0) is 57.0 Å². The van der Waals surface area contributed by atoms with Gasteiger partial charge in [0, 0.05) is 51.6 Å². The molecule has 6 rings (SSSR count). The van der Waals surface area contributed by atoms with Crippen LogP contribution in [-0.4, -0.2) is 114 Å². The summed E-state index contributed by atoms with van der Waals surface area (Å²) in [5, 5.41) is 128. The summed E-state index contributed by atoms with van der Waals surface area (Å²) in [7, 11) is 1.43. The van der Waals surface area contributed by atoms with E-state index in [1.54, 1.807) is 60.7 Å². The maximum atomic E-state index is 11.9. The number of methoxy groups -OCH3 is 1. The number of aliphatic hydroxyl groups is 7. The van der Waals surface area contributed by atoms with E-state index in [4.69, 9.17) is 40.5 Å². The van der Waals surface area contributed by atoms with E-state index in [0.717, 1.165) is 23.8 Å². The molecule has 21 heteroatoms. The lowest BCUT2D eigenvalue weighted by Crippen LogP contribution is -1.94. The number of allylic oxidation sites excluding steroid dienone is 6. The number of aliphatic carboxylic acids is 1. The van der Waals surface area contributed by atoms with E-state index in [0.29, 0.717) is 67.7 Å². The van der Waals surface area contributed by atoms with Crippen LogP contribution in [0.15, 0.2) is 163 Å². The fourth-order valence-electron chi connectivity index (χ4n) is 6.34. The van der Waals surface area contributed by atoms with Gasteiger partial charge in [-0.2, -0.15) is 0 Å². The molecule has 0 saturated carbocycles. The number of aromatic hydroxyl groups is 6. The second kappa shape index (κ2) is 37.3. The number of carbonyl (C=O) groups is 6. The molecule has 0 aliphatic heterocycles. The first-order valence-electron chi connectivity index (χ1n) is 24.5. The zero-order valence-electron chi connectivity index (χ0n) is 45.1. The van der Waals surface area contributed by atoms with Crippen LogP contribution in [0.3, 0.4) is 0 Å². The maximum absolute atomic E-state index is 11.9. The molecule has 0 amide bonds. The Labute approximate surface area is 481 Å². The van der Waals surface area contributed by atoms with Crippen LogP contribution in [0.2, 0.25) is 0 Å². The molecule has 21 nitrogen and oxygen atoms in total. The minimum absolute atomic E-state index is 0.0000231. The van der Waals surface area contributed by atoms with Gasteiger partial charge in [-0.1, -0.05) is 54.6 Å². The average Bonchev–Trinajstić information content (AvgIpc) is 3.62. The van der Waals surface area contributed by atoms with Crippen LogP contribution >= 0.6 is 0 Å². The topological polar surface area (TPSA) is 395 Å². The van der Waals surface area contributed by atoms with Crippen molar-refractivity contribution in [1.29, 1.82) is 0 Å². The van der Waals surface area contributed by atoms with Gasteiger partial charge in [-0.15, -0.1) is 0 Å². The van der Waals surface area contributed by atoms with Gasteiger partial charge < -0.3 is 76.2 Å². The fourth-order valence-corrected chi connectivity index (χ4v) is 6.34. The van der Waals surface area contributed by atoms with Crippen LogP contribution < -0.4 is 4.74 Å². The van der Waals surface area contributed by atoms with Gasteiger partial charge in [0.2, 0.25) is 5.78 Å². The van der Waals surface area contributed by atoms with Gasteiger partial charge in [-0.25, -0.2) is 4.79 Å². The molecule has 0 atom stereocenters. The van der Waals surface area contributed by atoms with Crippen molar-refractivity contribution in [2.24, 2.45) is 0 Å². The summed E-state index contributed by atoms with van der Waals surface area (Å²) >= 11 is 0.